The first-order valence-corrected chi connectivity index (χ1v) is 8.35. The molecule has 0 saturated heterocycles. The molecule has 0 saturated carbocycles. The SMILES string of the molecule is CSc1cccc(NCc2ccc(CC(C)C)cc2)c1. The molecular formula is C18H23NS. The second-order valence-electron chi connectivity index (χ2n) is 5.50. The summed E-state index contributed by atoms with van der Waals surface area (Å²) in [6.07, 6.45) is 3.26. The molecular weight excluding hydrogens is 262 g/mol. The number of anilines is 1. The fourth-order valence-corrected chi connectivity index (χ4v) is 2.66. The molecule has 2 rings (SSSR count). The van der Waals surface area contributed by atoms with Gasteiger partial charge in [-0.1, -0.05) is 44.2 Å². The minimum Gasteiger partial charge on any atom is -0.381 e. The summed E-state index contributed by atoms with van der Waals surface area (Å²) in [7, 11) is 0. The van der Waals surface area contributed by atoms with E-state index in [1.807, 2.05) is 0 Å². The molecule has 0 aliphatic heterocycles. The van der Waals surface area contributed by atoms with E-state index < -0.39 is 0 Å². The Kier molecular flexibility index (Phi) is 5.54. The third-order valence-corrected chi connectivity index (χ3v) is 3.96. The quantitative estimate of drug-likeness (QED) is 0.730. The van der Waals surface area contributed by atoms with Crippen LogP contribution in [0.4, 0.5) is 5.69 Å². The lowest BCUT2D eigenvalue weighted by molar-refractivity contribution is 0.647. The Morgan fingerprint density at radius 2 is 1.70 bits per heavy atom. The van der Waals surface area contributed by atoms with Gasteiger partial charge in [-0.15, -0.1) is 11.8 Å². The number of thioether (sulfide) groups is 1. The van der Waals surface area contributed by atoms with Crippen molar-refractivity contribution in [3.05, 3.63) is 59.7 Å². The lowest BCUT2D eigenvalue weighted by atomic mass is 10.0. The van der Waals surface area contributed by atoms with Crippen LogP contribution in [-0.4, -0.2) is 6.26 Å². The first-order valence-electron chi connectivity index (χ1n) is 7.13. The summed E-state index contributed by atoms with van der Waals surface area (Å²) in [5, 5.41) is 3.48. The highest BCUT2D eigenvalue weighted by Crippen LogP contribution is 2.19. The zero-order valence-electron chi connectivity index (χ0n) is 12.5. The molecule has 2 aromatic carbocycles. The molecule has 20 heavy (non-hydrogen) atoms. The van der Waals surface area contributed by atoms with Gasteiger partial charge < -0.3 is 5.32 Å². The van der Waals surface area contributed by atoms with Crippen LogP contribution >= 0.6 is 11.8 Å². The first kappa shape index (κ1) is 15.0. The minimum atomic E-state index is 0.716. The zero-order chi connectivity index (χ0) is 14.4. The van der Waals surface area contributed by atoms with E-state index in [0.717, 1.165) is 13.0 Å². The molecule has 0 aliphatic carbocycles. The first-order chi connectivity index (χ1) is 9.67. The van der Waals surface area contributed by atoms with Crippen molar-refractivity contribution in [1.29, 1.82) is 0 Å². The molecule has 0 bridgehead atoms. The van der Waals surface area contributed by atoms with E-state index in [-0.39, 0.29) is 0 Å². The number of hydrogen-bond acceptors (Lipinski definition) is 2. The maximum atomic E-state index is 3.48. The monoisotopic (exact) mass is 285 g/mol. The lowest BCUT2D eigenvalue weighted by Crippen LogP contribution is -2.00. The van der Waals surface area contributed by atoms with Gasteiger partial charge in [0.25, 0.3) is 0 Å². The third kappa shape index (κ3) is 4.61. The highest BCUT2D eigenvalue weighted by molar-refractivity contribution is 7.98. The van der Waals surface area contributed by atoms with E-state index in [1.165, 1.54) is 21.7 Å². The van der Waals surface area contributed by atoms with Crippen molar-refractivity contribution in [3.63, 3.8) is 0 Å². The molecule has 1 nitrogen and oxygen atoms in total. The summed E-state index contributed by atoms with van der Waals surface area (Å²) in [5.74, 6) is 0.716. The van der Waals surface area contributed by atoms with Crippen molar-refractivity contribution in [2.75, 3.05) is 11.6 Å². The minimum absolute atomic E-state index is 0.716. The molecule has 2 heteroatoms. The predicted molar refractivity (Wildman–Crippen MR) is 90.5 cm³/mol. The van der Waals surface area contributed by atoms with Crippen LogP contribution in [0.25, 0.3) is 0 Å². The summed E-state index contributed by atoms with van der Waals surface area (Å²) >= 11 is 1.77. The molecule has 0 aliphatic rings. The van der Waals surface area contributed by atoms with Crippen LogP contribution in [0.3, 0.4) is 0 Å². The molecule has 0 radical (unpaired) electrons. The third-order valence-electron chi connectivity index (χ3n) is 3.23. The van der Waals surface area contributed by atoms with Crippen molar-refractivity contribution in [1.82, 2.24) is 0 Å². The Morgan fingerprint density at radius 1 is 1.00 bits per heavy atom. The highest BCUT2D eigenvalue weighted by Gasteiger charge is 1.99. The van der Waals surface area contributed by atoms with Gasteiger partial charge in [-0.05, 0) is 47.9 Å². The van der Waals surface area contributed by atoms with Crippen LogP contribution < -0.4 is 5.32 Å². The predicted octanol–water partition coefficient (Wildman–Crippen LogP) is 5.22. The van der Waals surface area contributed by atoms with Gasteiger partial charge >= 0.3 is 0 Å². The van der Waals surface area contributed by atoms with E-state index in [0.29, 0.717) is 5.92 Å². The largest absolute Gasteiger partial charge is 0.381 e. The van der Waals surface area contributed by atoms with Crippen LogP contribution in [0.2, 0.25) is 0 Å². The molecule has 0 spiro atoms. The number of benzene rings is 2. The molecule has 2 aromatic rings. The summed E-state index contributed by atoms with van der Waals surface area (Å²) < 4.78 is 0. The molecule has 0 aromatic heterocycles. The summed E-state index contributed by atoms with van der Waals surface area (Å²) in [6, 6.07) is 17.5. The molecule has 106 valence electrons. The van der Waals surface area contributed by atoms with E-state index in [4.69, 9.17) is 0 Å². The number of nitrogens with one attached hydrogen (secondary N) is 1. The molecule has 0 amide bonds. The fourth-order valence-electron chi connectivity index (χ4n) is 2.20. The van der Waals surface area contributed by atoms with Crippen LogP contribution in [-0.2, 0) is 13.0 Å². The van der Waals surface area contributed by atoms with Gasteiger partial charge in [0, 0.05) is 17.1 Å². The van der Waals surface area contributed by atoms with Gasteiger partial charge in [0.05, 0.1) is 0 Å². The molecule has 0 heterocycles. The standard InChI is InChI=1S/C18H23NS/c1-14(2)11-15-7-9-16(10-8-15)13-19-17-5-4-6-18(12-17)20-3/h4-10,12,14,19H,11,13H2,1-3H3. The van der Waals surface area contributed by atoms with Crippen molar-refractivity contribution >= 4 is 17.4 Å². The zero-order valence-corrected chi connectivity index (χ0v) is 13.3. The van der Waals surface area contributed by atoms with E-state index >= 15 is 0 Å². The van der Waals surface area contributed by atoms with Crippen LogP contribution in [0.5, 0.6) is 0 Å². The number of hydrogen-bond donors (Lipinski definition) is 1. The van der Waals surface area contributed by atoms with Crippen LogP contribution in [0.15, 0.2) is 53.4 Å². The summed E-state index contributed by atoms with van der Waals surface area (Å²) in [5.41, 5.74) is 3.93. The van der Waals surface area contributed by atoms with Crippen LogP contribution in [0.1, 0.15) is 25.0 Å². The lowest BCUT2D eigenvalue weighted by Gasteiger charge is -2.09. The Labute approximate surface area is 126 Å². The van der Waals surface area contributed by atoms with Crippen molar-refractivity contribution in [3.8, 4) is 0 Å². The molecule has 1 N–H and O–H groups in total. The molecule has 0 unspecified atom stereocenters. The van der Waals surface area contributed by atoms with Crippen molar-refractivity contribution in [2.45, 2.75) is 31.7 Å². The van der Waals surface area contributed by atoms with Crippen molar-refractivity contribution < 1.29 is 0 Å². The Morgan fingerprint density at radius 3 is 2.35 bits per heavy atom. The average Bonchev–Trinajstić information content (AvgIpc) is 2.46. The Hall–Kier alpha value is -1.41. The van der Waals surface area contributed by atoms with Gasteiger partial charge in [0.15, 0.2) is 0 Å². The van der Waals surface area contributed by atoms with Gasteiger partial charge in [0.1, 0.15) is 0 Å². The molecule has 0 fully saturated rings. The maximum absolute atomic E-state index is 3.48. The van der Waals surface area contributed by atoms with Gasteiger partial charge in [-0.3, -0.25) is 0 Å². The second-order valence-corrected chi connectivity index (χ2v) is 6.38. The van der Waals surface area contributed by atoms with Crippen LogP contribution in [0, 0.1) is 5.92 Å². The van der Waals surface area contributed by atoms with E-state index in [2.05, 4.69) is 74.0 Å². The highest BCUT2D eigenvalue weighted by atomic mass is 32.2. The fraction of sp³-hybridized carbons (Fsp3) is 0.333. The summed E-state index contributed by atoms with van der Waals surface area (Å²) in [6.45, 7) is 5.39. The Bertz CT molecular complexity index is 531. The summed E-state index contributed by atoms with van der Waals surface area (Å²) in [4.78, 5) is 1.29. The number of rotatable bonds is 6. The Balaban J connectivity index is 1.93. The topological polar surface area (TPSA) is 12.0 Å². The van der Waals surface area contributed by atoms with E-state index in [1.54, 1.807) is 11.8 Å². The second kappa shape index (κ2) is 7.39. The van der Waals surface area contributed by atoms with E-state index in [9.17, 15) is 0 Å². The normalized spacial score (nSPS) is 10.8. The van der Waals surface area contributed by atoms with Crippen molar-refractivity contribution in [2.24, 2.45) is 5.92 Å². The van der Waals surface area contributed by atoms with Gasteiger partial charge in [-0.25, -0.2) is 0 Å². The molecule has 0 atom stereocenters. The maximum Gasteiger partial charge on any atom is 0.0400 e. The van der Waals surface area contributed by atoms with Gasteiger partial charge in [-0.2, -0.15) is 0 Å². The average molecular weight is 285 g/mol. The smallest absolute Gasteiger partial charge is 0.0400 e. The van der Waals surface area contributed by atoms with Gasteiger partial charge in [0.2, 0.25) is 0 Å².